The Bertz CT molecular complexity index is 892. The van der Waals surface area contributed by atoms with Gasteiger partial charge in [0.25, 0.3) is 5.91 Å². The van der Waals surface area contributed by atoms with Crippen molar-refractivity contribution < 1.29 is 23.0 Å². The first kappa shape index (κ1) is 18.7. The van der Waals surface area contributed by atoms with Crippen LogP contribution in [0.15, 0.2) is 48.2 Å². The zero-order valence-corrected chi connectivity index (χ0v) is 14.0. The molecule has 8 heteroatoms. The summed E-state index contributed by atoms with van der Waals surface area (Å²) in [6.07, 6.45) is 0.994. The summed E-state index contributed by atoms with van der Waals surface area (Å²) >= 11 is 0. The van der Waals surface area contributed by atoms with Crippen LogP contribution in [0.1, 0.15) is 0 Å². The van der Waals surface area contributed by atoms with E-state index in [2.05, 4.69) is 10.6 Å². The number of methoxy groups -OCH3 is 2. The number of hydrogen-bond donors (Lipinski definition) is 2. The van der Waals surface area contributed by atoms with Crippen LogP contribution in [0.5, 0.6) is 11.5 Å². The molecule has 26 heavy (non-hydrogen) atoms. The molecule has 2 rings (SSSR count). The first-order valence-corrected chi connectivity index (χ1v) is 7.33. The van der Waals surface area contributed by atoms with Crippen molar-refractivity contribution in [2.45, 2.75) is 0 Å². The second kappa shape index (κ2) is 8.48. The van der Waals surface area contributed by atoms with Gasteiger partial charge in [0.2, 0.25) is 0 Å². The van der Waals surface area contributed by atoms with Gasteiger partial charge in [-0.25, -0.2) is 8.78 Å². The lowest BCUT2D eigenvalue weighted by Gasteiger charge is -2.10. The monoisotopic (exact) mass is 359 g/mol. The van der Waals surface area contributed by atoms with Crippen molar-refractivity contribution in [1.82, 2.24) is 0 Å². The van der Waals surface area contributed by atoms with Crippen molar-refractivity contribution in [1.29, 1.82) is 5.26 Å². The molecule has 2 N–H and O–H groups in total. The van der Waals surface area contributed by atoms with Gasteiger partial charge in [-0.2, -0.15) is 5.26 Å². The van der Waals surface area contributed by atoms with Crippen LogP contribution in [0.4, 0.5) is 20.2 Å². The molecule has 0 aliphatic carbocycles. The third-order valence-corrected chi connectivity index (χ3v) is 3.31. The van der Waals surface area contributed by atoms with Gasteiger partial charge in [-0.05, 0) is 24.3 Å². The van der Waals surface area contributed by atoms with Crippen molar-refractivity contribution in [3.8, 4) is 17.6 Å². The fourth-order valence-electron chi connectivity index (χ4n) is 2.02. The Hall–Kier alpha value is -3.60. The summed E-state index contributed by atoms with van der Waals surface area (Å²) in [5, 5.41) is 14.0. The summed E-state index contributed by atoms with van der Waals surface area (Å²) in [6, 6.07) is 9.16. The molecular formula is C18H15F2N3O3. The normalized spacial score (nSPS) is 10.7. The maximum atomic E-state index is 13.6. The summed E-state index contributed by atoms with van der Waals surface area (Å²) in [7, 11) is 2.92. The van der Waals surface area contributed by atoms with Crippen molar-refractivity contribution in [3.63, 3.8) is 0 Å². The summed E-state index contributed by atoms with van der Waals surface area (Å²) in [4.78, 5) is 12.2. The fraction of sp³-hybridized carbons (Fsp3) is 0.111. The van der Waals surface area contributed by atoms with Crippen LogP contribution in [0.2, 0.25) is 0 Å². The Labute approximate surface area is 148 Å². The van der Waals surface area contributed by atoms with Crippen LogP contribution in [-0.4, -0.2) is 20.1 Å². The third kappa shape index (κ3) is 4.48. The minimum absolute atomic E-state index is 0.198. The highest BCUT2D eigenvalue weighted by Gasteiger charge is 2.12. The van der Waals surface area contributed by atoms with Gasteiger partial charge < -0.3 is 20.1 Å². The maximum Gasteiger partial charge on any atom is 0.267 e. The summed E-state index contributed by atoms with van der Waals surface area (Å²) < 4.78 is 36.9. The van der Waals surface area contributed by atoms with Crippen LogP contribution in [0.25, 0.3) is 0 Å². The zero-order chi connectivity index (χ0) is 19.1. The van der Waals surface area contributed by atoms with Gasteiger partial charge in [0.05, 0.1) is 19.9 Å². The molecule has 0 fully saturated rings. The van der Waals surface area contributed by atoms with Crippen LogP contribution >= 0.6 is 0 Å². The minimum Gasteiger partial charge on any atom is -0.493 e. The summed E-state index contributed by atoms with van der Waals surface area (Å²) in [6.45, 7) is 0. The topological polar surface area (TPSA) is 83.4 Å². The molecule has 1 amide bonds. The Morgan fingerprint density at radius 3 is 2.50 bits per heavy atom. The highest BCUT2D eigenvalue weighted by Crippen LogP contribution is 2.29. The lowest BCUT2D eigenvalue weighted by molar-refractivity contribution is -0.112. The largest absolute Gasteiger partial charge is 0.493 e. The molecule has 0 atom stereocenters. The first-order chi connectivity index (χ1) is 12.5. The molecule has 6 nitrogen and oxygen atoms in total. The van der Waals surface area contributed by atoms with E-state index in [0.717, 1.165) is 24.4 Å². The van der Waals surface area contributed by atoms with Crippen LogP contribution < -0.4 is 20.1 Å². The van der Waals surface area contributed by atoms with Gasteiger partial charge >= 0.3 is 0 Å². The Kier molecular flexibility index (Phi) is 6.11. The van der Waals surface area contributed by atoms with E-state index in [0.29, 0.717) is 17.2 Å². The van der Waals surface area contributed by atoms with E-state index in [-0.39, 0.29) is 11.3 Å². The molecule has 0 saturated heterocycles. The fourth-order valence-corrected chi connectivity index (χ4v) is 2.02. The number of nitrogens with one attached hydrogen (secondary N) is 2. The third-order valence-electron chi connectivity index (χ3n) is 3.31. The zero-order valence-electron chi connectivity index (χ0n) is 14.0. The van der Waals surface area contributed by atoms with Crippen LogP contribution in [-0.2, 0) is 4.79 Å². The van der Waals surface area contributed by atoms with Crippen molar-refractivity contribution in [2.75, 3.05) is 24.9 Å². The SMILES string of the molecule is COc1ccc(NC(=O)/C(C#N)=C\Nc2cc(F)ccc2F)cc1OC. The molecule has 0 saturated carbocycles. The molecule has 0 aromatic heterocycles. The van der Waals surface area contributed by atoms with Crippen LogP contribution in [0.3, 0.4) is 0 Å². The number of hydrogen-bond acceptors (Lipinski definition) is 5. The molecule has 0 radical (unpaired) electrons. The molecule has 2 aromatic carbocycles. The lowest BCUT2D eigenvalue weighted by atomic mass is 10.2. The van der Waals surface area contributed by atoms with Gasteiger partial charge in [0.1, 0.15) is 23.3 Å². The number of halogens is 2. The predicted octanol–water partition coefficient (Wildman–Crippen LogP) is 3.44. The quantitative estimate of drug-likeness (QED) is 0.610. The molecule has 0 heterocycles. The van der Waals surface area contributed by atoms with E-state index in [9.17, 15) is 13.6 Å². The molecule has 0 spiro atoms. The van der Waals surface area contributed by atoms with E-state index < -0.39 is 17.5 Å². The summed E-state index contributed by atoms with van der Waals surface area (Å²) in [5.41, 5.74) is -0.161. The Morgan fingerprint density at radius 2 is 1.85 bits per heavy atom. The van der Waals surface area contributed by atoms with Gasteiger partial charge in [-0.3, -0.25) is 4.79 Å². The van der Waals surface area contributed by atoms with Crippen molar-refractivity contribution >= 4 is 17.3 Å². The molecule has 2 aromatic rings. The maximum absolute atomic E-state index is 13.6. The van der Waals surface area contributed by atoms with E-state index in [4.69, 9.17) is 14.7 Å². The molecule has 0 bridgehead atoms. The minimum atomic E-state index is -0.732. The number of ether oxygens (including phenoxy) is 2. The average molecular weight is 359 g/mol. The van der Waals surface area contributed by atoms with E-state index in [1.165, 1.54) is 20.3 Å². The second-order valence-corrected chi connectivity index (χ2v) is 4.96. The number of nitriles is 1. The number of rotatable bonds is 6. The van der Waals surface area contributed by atoms with E-state index >= 15 is 0 Å². The molecule has 0 aliphatic rings. The van der Waals surface area contributed by atoms with E-state index in [1.807, 2.05) is 0 Å². The van der Waals surface area contributed by atoms with Crippen molar-refractivity contribution in [3.05, 3.63) is 59.8 Å². The standard InChI is InChI=1S/C18H15F2N3O3/c1-25-16-6-4-13(8-17(16)26-2)23-18(24)11(9-21)10-22-15-7-12(19)3-5-14(15)20/h3-8,10,22H,1-2H3,(H,23,24)/b11-10-. The number of carbonyl (C=O) groups excluding carboxylic acids is 1. The number of anilines is 2. The van der Waals surface area contributed by atoms with Crippen molar-refractivity contribution in [2.24, 2.45) is 0 Å². The molecule has 0 aliphatic heterocycles. The second-order valence-electron chi connectivity index (χ2n) is 4.96. The average Bonchev–Trinajstić information content (AvgIpc) is 2.64. The van der Waals surface area contributed by atoms with Gasteiger partial charge in [0.15, 0.2) is 11.5 Å². The smallest absolute Gasteiger partial charge is 0.267 e. The number of benzene rings is 2. The highest BCUT2D eigenvalue weighted by molar-refractivity contribution is 6.06. The van der Waals surface area contributed by atoms with Gasteiger partial charge in [-0.15, -0.1) is 0 Å². The Morgan fingerprint density at radius 1 is 1.12 bits per heavy atom. The van der Waals surface area contributed by atoms with Gasteiger partial charge in [-0.1, -0.05) is 0 Å². The number of carbonyl (C=O) groups is 1. The number of amides is 1. The lowest BCUT2D eigenvalue weighted by Crippen LogP contribution is -2.14. The molecule has 134 valence electrons. The number of nitrogens with zero attached hydrogens (tertiary/aromatic N) is 1. The molecule has 0 unspecified atom stereocenters. The highest BCUT2D eigenvalue weighted by atomic mass is 19.1. The summed E-state index contributed by atoms with van der Waals surface area (Å²) in [5.74, 6) is -1.24. The van der Waals surface area contributed by atoms with Gasteiger partial charge in [0, 0.05) is 24.0 Å². The molecular weight excluding hydrogens is 344 g/mol. The predicted molar refractivity (Wildman–Crippen MR) is 91.9 cm³/mol. The Balaban J connectivity index is 2.16. The van der Waals surface area contributed by atoms with E-state index in [1.54, 1.807) is 18.2 Å². The first-order valence-electron chi connectivity index (χ1n) is 7.33. The van der Waals surface area contributed by atoms with Crippen LogP contribution in [0, 0.1) is 23.0 Å².